The summed E-state index contributed by atoms with van der Waals surface area (Å²) in [6, 6.07) is 1.98. The number of carbonyl (C=O) groups is 1. The third kappa shape index (κ3) is 2.72. The number of aromatic nitrogens is 2. The minimum absolute atomic E-state index is 0.0441. The first-order valence-corrected chi connectivity index (χ1v) is 6.53. The summed E-state index contributed by atoms with van der Waals surface area (Å²) in [4.78, 5) is 14.9. The van der Waals surface area contributed by atoms with Crippen LogP contribution >= 0.6 is 0 Å². The Morgan fingerprint density at radius 1 is 1.38 bits per heavy atom. The van der Waals surface area contributed by atoms with Crippen LogP contribution < -0.4 is 5.32 Å². The summed E-state index contributed by atoms with van der Waals surface area (Å²) in [5.41, 5.74) is 0.269. The SMILES string of the molecule is O=C(O)c1cc(NCc2cncn2C2CC2)c(F)cc1F. The molecule has 5 nitrogen and oxygen atoms in total. The van der Waals surface area contributed by atoms with E-state index in [1.807, 2.05) is 4.57 Å². The molecule has 110 valence electrons. The minimum Gasteiger partial charge on any atom is -0.478 e. The van der Waals surface area contributed by atoms with Crippen LogP contribution in [0.15, 0.2) is 24.7 Å². The van der Waals surface area contributed by atoms with E-state index in [2.05, 4.69) is 10.3 Å². The summed E-state index contributed by atoms with van der Waals surface area (Å²) >= 11 is 0. The van der Waals surface area contributed by atoms with Crippen molar-refractivity contribution in [3.05, 3.63) is 47.5 Å². The van der Waals surface area contributed by atoms with Crippen molar-refractivity contribution in [3.8, 4) is 0 Å². The number of halogens is 2. The maximum atomic E-state index is 13.7. The van der Waals surface area contributed by atoms with Gasteiger partial charge in [-0.15, -0.1) is 0 Å². The normalized spacial score (nSPS) is 14.2. The number of hydrogen-bond donors (Lipinski definition) is 2. The predicted octanol–water partition coefficient (Wildman–Crippen LogP) is 2.81. The standard InChI is InChI=1S/C14H13F2N3O2/c15-11-4-12(16)13(3-10(11)14(20)21)18-6-9-5-17-7-19(9)8-1-2-8/h3-5,7-8,18H,1-2,6H2,(H,20,21). The molecule has 1 saturated carbocycles. The zero-order valence-corrected chi connectivity index (χ0v) is 11.0. The van der Waals surface area contributed by atoms with Crippen LogP contribution in [-0.4, -0.2) is 20.6 Å². The van der Waals surface area contributed by atoms with Crippen molar-refractivity contribution in [3.63, 3.8) is 0 Å². The molecule has 3 rings (SSSR count). The molecule has 2 aromatic rings. The van der Waals surface area contributed by atoms with Crippen molar-refractivity contribution in [2.45, 2.75) is 25.4 Å². The van der Waals surface area contributed by atoms with Crippen LogP contribution in [-0.2, 0) is 6.54 Å². The first-order chi connectivity index (χ1) is 10.1. The Morgan fingerprint density at radius 2 is 2.14 bits per heavy atom. The van der Waals surface area contributed by atoms with Gasteiger partial charge in [-0.2, -0.15) is 0 Å². The predicted molar refractivity (Wildman–Crippen MR) is 71.1 cm³/mol. The summed E-state index contributed by atoms with van der Waals surface area (Å²) in [6.07, 6.45) is 5.58. The van der Waals surface area contributed by atoms with Gasteiger partial charge >= 0.3 is 5.97 Å². The van der Waals surface area contributed by atoms with Gasteiger partial charge in [-0.1, -0.05) is 0 Å². The summed E-state index contributed by atoms with van der Waals surface area (Å²) < 4.78 is 29.0. The lowest BCUT2D eigenvalue weighted by Crippen LogP contribution is -2.09. The fourth-order valence-electron chi connectivity index (χ4n) is 2.18. The van der Waals surface area contributed by atoms with Crippen LogP contribution in [0, 0.1) is 11.6 Å². The van der Waals surface area contributed by atoms with E-state index >= 15 is 0 Å². The van der Waals surface area contributed by atoms with Crippen LogP contribution in [0.1, 0.15) is 34.9 Å². The van der Waals surface area contributed by atoms with Gasteiger partial charge in [0.05, 0.1) is 29.8 Å². The highest BCUT2D eigenvalue weighted by Crippen LogP contribution is 2.35. The Balaban J connectivity index is 1.79. The lowest BCUT2D eigenvalue weighted by Gasteiger charge is -2.11. The maximum absolute atomic E-state index is 13.7. The van der Waals surface area contributed by atoms with Crippen molar-refractivity contribution in [1.29, 1.82) is 0 Å². The van der Waals surface area contributed by atoms with Gasteiger partial charge in [-0.25, -0.2) is 18.6 Å². The number of carboxylic acid groups (broad SMARTS) is 1. The molecule has 1 aromatic heterocycles. The molecule has 0 aliphatic heterocycles. The second-order valence-electron chi connectivity index (χ2n) is 4.99. The van der Waals surface area contributed by atoms with Gasteiger partial charge in [0.25, 0.3) is 0 Å². The van der Waals surface area contributed by atoms with Gasteiger partial charge < -0.3 is 15.0 Å². The van der Waals surface area contributed by atoms with Crippen LogP contribution in [0.25, 0.3) is 0 Å². The summed E-state index contributed by atoms with van der Waals surface area (Å²) in [7, 11) is 0. The number of imidazole rings is 1. The highest BCUT2D eigenvalue weighted by molar-refractivity contribution is 5.89. The molecule has 1 aliphatic carbocycles. The molecule has 0 unspecified atom stereocenters. The molecule has 0 spiro atoms. The van der Waals surface area contributed by atoms with Gasteiger partial charge in [0.15, 0.2) is 0 Å². The second-order valence-corrected chi connectivity index (χ2v) is 4.99. The topological polar surface area (TPSA) is 67.2 Å². The fourth-order valence-corrected chi connectivity index (χ4v) is 2.18. The Hall–Kier alpha value is -2.44. The highest BCUT2D eigenvalue weighted by atomic mass is 19.1. The van der Waals surface area contributed by atoms with E-state index in [9.17, 15) is 13.6 Å². The number of anilines is 1. The fraction of sp³-hybridized carbons (Fsp3) is 0.286. The molecular weight excluding hydrogens is 280 g/mol. The number of aromatic carboxylic acids is 1. The third-order valence-corrected chi connectivity index (χ3v) is 3.43. The molecule has 0 bridgehead atoms. The lowest BCUT2D eigenvalue weighted by atomic mass is 10.1. The number of hydrogen-bond acceptors (Lipinski definition) is 3. The Bertz CT molecular complexity index is 696. The first-order valence-electron chi connectivity index (χ1n) is 6.53. The van der Waals surface area contributed by atoms with Gasteiger partial charge in [0.1, 0.15) is 11.6 Å². The van der Waals surface area contributed by atoms with Gasteiger partial charge in [0, 0.05) is 18.3 Å². The molecule has 1 fully saturated rings. The highest BCUT2D eigenvalue weighted by Gasteiger charge is 2.25. The van der Waals surface area contributed by atoms with E-state index < -0.39 is 23.2 Å². The quantitative estimate of drug-likeness (QED) is 0.889. The number of rotatable bonds is 5. The molecular formula is C14H13F2N3O2. The molecule has 2 N–H and O–H groups in total. The van der Waals surface area contributed by atoms with Crippen LogP contribution in [0.5, 0.6) is 0 Å². The van der Waals surface area contributed by atoms with Crippen LogP contribution in [0.3, 0.4) is 0 Å². The Labute approximate surface area is 119 Å². The van der Waals surface area contributed by atoms with Crippen molar-refractivity contribution in [1.82, 2.24) is 9.55 Å². The second kappa shape index (κ2) is 5.16. The summed E-state index contributed by atoms with van der Waals surface area (Å²) in [5.74, 6) is -3.35. The molecule has 0 saturated heterocycles. The van der Waals surface area contributed by atoms with Crippen LogP contribution in [0.2, 0.25) is 0 Å². The van der Waals surface area contributed by atoms with Crippen molar-refractivity contribution in [2.75, 3.05) is 5.32 Å². The van der Waals surface area contributed by atoms with Crippen molar-refractivity contribution < 1.29 is 18.7 Å². The van der Waals surface area contributed by atoms with Crippen molar-refractivity contribution >= 4 is 11.7 Å². The smallest absolute Gasteiger partial charge is 0.338 e. The minimum atomic E-state index is -1.43. The number of benzene rings is 1. The number of nitrogens with zero attached hydrogens (tertiary/aromatic N) is 2. The number of carboxylic acids is 1. The van der Waals surface area contributed by atoms with E-state index in [1.54, 1.807) is 12.5 Å². The third-order valence-electron chi connectivity index (χ3n) is 3.43. The molecule has 1 aromatic carbocycles. The monoisotopic (exact) mass is 293 g/mol. The zero-order chi connectivity index (χ0) is 15.0. The molecule has 1 heterocycles. The molecule has 7 heteroatoms. The Kier molecular flexibility index (Phi) is 3.32. The van der Waals surface area contributed by atoms with Crippen LogP contribution in [0.4, 0.5) is 14.5 Å². The summed E-state index contributed by atoms with van der Waals surface area (Å²) in [5, 5.41) is 11.6. The summed E-state index contributed by atoms with van der Waals surface area (Å²) in [6.45, 7) is 0.290. The maximum Gasteiger partial charge on any atom is 0.338 e. The molecule has 0 amide bonds. The van der Waals surface area contributed by atoms with E-state index in [1.165, 1.54) is 0 Å². The largest absolute Gasteiger partial charge is 0.478 e. The average molecular weight is 293 g/mol. The molecule has 0 atom stereocenters. The van der Waals surface area contributed by atoms with Gasteiger partial charge in [-0.3, -0.25) is 0 Å². The van der Waals surface area contributed by atoms with E-state index in [4.69, 9.17) is 5.11 Å². The molecule has 1 aliphatic rings. The first kappa shape index (κ1) is 13.5. The van der Waals surface area contributed by atoms with Gasteiger partial charge in [0.2, 0.25) is 0 Å². The lowest BCUT2D eigenvalue weighted by molar-refractivity contribution is 0.0692. The van der Waals surface area contributed by atoms with E-state index in [0.717, 1.165) is 24.6 Å². The molecule has 21 heavy (non-hydrogen) atoms. The molecule has 0 radical (unpaired) electrons. The number of nitrogens with one attached hydrogen (secondary N) is 1. The average Bonchev–Trinajstić information content (AvgIpc) is 3.16. The van der Waals surface area contributed by atoms with Gasteiger partial charge in [-0.05, 0) is 18.9 Å². The zero-order valence-electron chi connectivity index (χ0n) is 11.0. The van der Waals surface area contributed by atoms with Crippen molar-refractivity contribution in [2.24, 2.45) is 0 Å². The Morgan fingerprint density at radius 3 is 2.81 bits per heavy atom. The van der Waals surface area contributed by atoms with E-state index in [-0.39, 0.29) is 12.2 Å². The van der Waals surface area contributed by atoms with E-state index in [0.29, 0.717) is 12.1 Å².